The summed E-state index contributed by atoms with van der Waals surface area (Å²) < 4.78 is 5.32. The summed E-state index contributed by atoms with van der Waals surface area (Å²) in [6.07, 6.45) is 1.37. The van der Waals surface area contributed by atoms with Gasteiger partial charge in [-0.2, -0.15) is 0 Å². The van der Waals surface area contributed by atoms with Crippen LogP contribution in [0, 0.1) is 0 Å². The lowest BCUT2D eigenvalue weighted by Gasteiger charge is -2.35. The number of hydrogen-bond acceptors (Lipinski definition) is 5. The number of aliphatic hydroxyl groups is 1. The Kier molecular flexibility index (Phi) is 6.81. The lowest BCUT2D eigenvalue weighted by Crippen LogP contribution is -2.51. The molecule has 1 aromatic carbocycles. The first-order valence-electron chi connectivity index (χ1n) is 9.25. The molecule has 2 heterocycles. The van der Waals surface area contributed by atoms with Crippen LogP contribution in [0.4, 0.5) is 0 Å². The minimum absolute atomic E-state index is 0.115. The van der Waals surface area contributed by atoms with Gasteiger partial charge >= 0.3 is 0 Å². The number of carbonyl (C=O) groups is 1. The van der Waals surface area contributed by atoms with Gasteiger partial charge in [-0.05, 0) is 18.4 Å². The van der Waals surface area contributed by atoms with Crippen LogP contribution in [0.15, 0.2) is 30.3 Å². The van der Waals surface area contributed by atoms with Crippen LogP contribution in [0.2, 0.25) is 0 Å². The zero-order valence-corrected chi connectivity index (χ0v) is 14.8. The fourth-order valence-electron chi connectivity index (χ4n) is 3.47. The first-order chi connectivity index (χ1) is 12.2. The van der Waals surface area contributed by atoms with E-state index in [4.69, 9.17) is 4.74 Å². The maximum atomic E-state index is 12.2. The Morgan fingerprint density at radius 3 is 2.44 bits per heavy atom. The fourth-order valence-corrected chi connectivity index (χ4v) is 3.47. The summed E-state index contributed by atoms with van der Waals surface area (Å²) in [4.78, 5) is 16.6. The Morgan fingerprint density at radius 2 is 1.76 bits per heavy atom. The topological polar surface area (TPSA) is 65.0 Å². The summed E-state index contributed by atoms with van der Waals surface area (Å²) in [6.45, 7) is 6.09. The van der Waals surface area contributed by atoms with Gasteiger partial charge in [-0.3, -0.25) is 14.6 Å². The van der Waals surface area contributed by atoms with Crippen LogP contribution in [-0.4, -0.2) is 79.3 Å². The molecule has 0 radical (unpaired) electrons. The van der Waals surface area contributed by atoms with Crippen molar-refractivity contribution in [2.24, 2.45) is 0 Å². The SMILES string of the molecule is O=C(CN1CCN(C[C@H](O)c2ccccc2)CC1)NC1CCOCC1. The standard InChI is InChI=1S/C19H29N3O3/c23-18(16-4-2-1-3-5-16)14-21-8-10-22(11-9-21)15-19(24)20-17-6-12-25-13-7-17/h1-5,17-18,23H,6-15H2,(H,20,24)/t18-/m0/s1. The number of amides is 1. The highest BCUT2D eigenvalue weighted by Gasteiger charge is 2.22. The normalized spacial score (nSPS) is 21.8. The van der Waals surface area contributed by atoms with Crippen molar-refractivity contribution >= 4 is 5.91 Å². The second kappa shape index (κ2) is 9.29. The molecule has 138 valence electrons. The molecule has 2 saturated heterocycles. The molecule has 1 aromatic rings. The number of ether oxygens (including phenoxy) is 1. The van der Waals surface area contributed by atoms with Crippen molar-refractivity contribution in [3.63, 3.8) is 0 Å². The first-order valence-corrected chi connectivity index (χ1v) is 9.25. The molecule has 6 heteroatoms. The van der Waals surface area contributed by atoms with Gasteiger partial charge in [-0.25, -0.2) is 0 Å². The van der Waals surface area contributed by atoms with Crippen LogP contribution in [0.25, 0.3) is 0 Å². The Labute approximate surface area is 149 Å². The van der Waals surface area contributed by atoms with Crippen molar-refractivity contribution in [3.8, 4) is 0 Å². The maximum Gasteiger partial charge on any atom is 0.234 e. The molecular weight excluding hydrogens is 318 g/mol. The highest BCUT2D eigenvalue weighted by atomic mass is 16.5. The van der Waals surface area contributed by atoms with E-state index in [9.17, 15) is 9.90 Å². The Balaban J connectivity index is 1.36. The lowest BCUT2D eigenvalue weighted by atomic mass is 10.1. The number of aliphatic hydroxyl groups excluding tert-OH is 1. The van der Waals surface area contributed by atoms with E-state index in [1.807, 2.05) is 30.3 Å². The molecule has 2 aliphatic heterocycles. The summed E-state index contributed by atoms with van der Waals surface area (Å²) in [6, 6.07) is 10.0. The Hall–Kier alpha value is -1.47. The van der Waals surface area contributed by atoms with Gasteiger partial charge in [0.25, 0.3) is 0 Å². The number of β-amino-alcohol motifs (C(OH)–C–C–N with tert-alkyl or cyclic N) is 1. The van der Waals surface area contributed by atoms with Crippen LogP contribution in [0.5, 0.6) is 0 Å². The van der Waals surface area contributed by atoms with Gasteiger partial charge in [0.15, 0.2) is 0 Å². The molecular formula is C19H29N3O3. The lowest BCUT2D eigenvalue weighted by molar-refractivity contribution is -0.124. The van der Waals surface area contributed by atoms with E-state index >= 15 is 0 Å². The first kappa shape index (κ1) is 18.3. The molecule has 0 aliphatic carbocycles. The van der Waals surface area contributed by atoms with Gasteiger partial charge in [0.05, 0.1) is 12.6 Å². The predicted octanol–water partition coefficient (Wildman–Crippen LogP) is 0.633. The number of nitrogens with zero attached hydrogens (tertiary/aromatic N) is 2. The van der Waals surface area contributed by atoms with E-state index < -0.39 is 6.10 Å². The molecule has 2 aliphatic rings. The molecule has 0 bridgehead atoms. The molecule has 0 unspecified atom stereocenters. The van der Waals surface area contributed by atoms with Crippen molar-refractivity contribution in [3.05, 3.63) is 35.9 Å². The number of benzene rings is 1. The monoisotopic (exact) mass is 347 g/mol. The van der Waals surface area contributed by atoms with E-state index in [1.54, 1.807) is 0 Å². The number of carbonyl (C=O) groups excluding carboxylic acids is 1. The molecule has 1 amide bonds. The van der Waals surface area contributed by atoms with E-state index in [1.165, 1.54) is 0 Å². The molecule has 2 fully saturated rings. The van der Waals surface area contributed by atoms with Crippen LogP contribution >= 0.6 is 0 Å². The van der Waals surface area contributed by atoms with E-state index in [0.29, 0.717) is 13.1 Å². The quantitative estimate of drug-likeness (QED) is 0.790. The second-order valence-corrected chi connectivity index (χ2v) is 6.96. The average molecular weight is 347 g/mol. The Morgan fingerprint density at radius 1 is 1.12 bits per heavy atom. The maximum absolute atomic E-state index is 12.2. The fraction of sp³-hybridized carbons (Fsp3) is 0.632. The summed E-state index contributed by atoms with van der Waals surface area (Å²) >= 11 is 0. The van der Waals surface area contributed by atoms with Gasteiger partial charge in [-0.1, -0.05) is 30.3 Å². The van der Waals surface area contributed by atoms with Crippen LogP contribution < -0.4 is 5.32 Å². The van der Waals surface area contributed by atoms with Gasteiger partial charge in [-0.15, -0.1) is 0 Å². The number of hydrogen-bond donors (Lipinski definition) is 2. The summed E-state index contributed by atoms with van der Waals surface area (Å²) in [5.41, 5.74) is 0.959. The minimum atomic E-state index is -0.454. The smallest absolute Gasteiger partial charge is 0.234 e. The van der Waals surface area contributed by atoms with Crippen molar-refractivity contribution in [2.75, 3.05) is 52.5 Å². The van der Waals surface area contributed by atoms with Crippen LogP contribution in [0.1, 0.15) is 24.5 Å². The predicted molar refractivity (Wildman–Crippen MR) is 96.3 cm³/mol. The molecule has 0 aromatic heterocycles. The summed E-state index contributed by atoms with van der Waals surface area (Å²) in [7, 11) is 0. The number of nitrogens with one attached hydrogen (secondary N) is 1. The minimum Gasteiger partial charge on any atom is -0.387 e. The van der Waals surface area contributed by atoms with Gasteiger partial charge in [0, 0.05) is 52.0 Å². The van der Waals surface area contributed by atoms with Gasteiger partial charge < -0.3 is 15.2 Å². The third-order valence-electron chi connectivity index (χ3n) is 5.03. The second-order valence-electron chi connectivity index (χ2n) is 6.96. The summed E-state index contributed by atoms with van der Waals surface area (Å²) in [5, 5.41) is 13.5. The molecule has 0 saturated carbocycles. The average Bonchev–Trinajstić information content (AvgIpc) is 2.65. The van der Waals surface area contributed by atoms with E-state index in [-0.39, 0.29) is 11.9 Å². The molecule has 25 heavy (non-hydrogen) atoms. The summed E-state index contributed by atoms with van der Waals surface area (Å²) in [5.74, 6) is 0.115. The van der Waals surface area contributed by atoms with Crippen molar-refractivity contribution in [2.45, 2.75) is 25.0 Å². The molecule has 3 rings (SSSR count). The van der Waals surface area contributed by atoms with Crippen molar-refractivity contribution in [1.82, 2.24) is 15.1 Å². The zero-order chi connectivity index (χ0) is 17.5. The van der Waals surface area contributed by atoms with Crippen LogP contribution in [-0.2, 0) is 9.53 Å². The molecule has 1 atom stereocenters. The number of piperazine rings is 1. The highest BCUT2D eigenvalue weighted by Crippen LogP contribution is 2.15. The largest absolute Gasteiger partial charge is 0.387 e. The van der Waals surface area contributed by atoms with Crippen molar-refractivity contribution in [1.29, 1.82) is 0 Å². The van der Waals surface area contributed by atoms with Gasteiger partial charge in [0.2, 0.25) is 5.91 Å². The zero-order valence-electron chi connectivity index (χ0n) is 14.8. The third-order valence-corrected chi connectivity index (χ3v) is 5.03. The van der Waals surface area contributed by atoms with E-state index in [2.05, 4.69) is 15.1 Å². The Bertz CT molecular complexity index is 526. The molecule has 0 spiro atoms. The highest BCUT2D eigenvalue weighted by molar-refractivity contribution is 5.78. The molecule has 6 nitrogen and oxygen atoms in total. The van der Waals surface area contributed by atoms with Crippen molar-refractivity contribution < 1.29 is 14.6 Å². The van der Waals surface area contributed by atoms with Gasteiger partial charge in [0.1, 0.15) is 0 Å². The number of rotatable bonds is 6. The molecule has 2 N–H and O–H groups in total. The van der Waals surface area contributed by atoms with E-state index in [0.717, 1.165) is 57.8 Å². The van der Waals surface area contributed by atoms with Crippen LogP contribution in [0.3, 0.4) is 0 Å². The third kappa shape index (κ3) is 5.78.